The first-order valence-corrected chi connectivity index (χ1v) is 7.10. The number of unbranched alkanes of at least 4 members (excludes halogenated alkanes) is 4. The van der Waals surface area contributed by atoms with Gasteiger partial charge in [0.15, 0.2) is 0 Å². The van der Waals surface area contributed by atoms with Crippen LogP contribution in [-0.2, 0) is 0 Å². The number of hydrogen-bond donors (Lipinski definition) is 1. The van der Waals surface area contributed by atoms with E-state index in [0.717, 1.165) is 12.8 Å². The number of benzene rings is 1. The van der Waals surface area contributed by atoms with Crippen LogP contribution in [0.4, 0.5) is 0 Å². The molecule has 0 fully saturated rings. The molecule has 0 unspecified atom stereocenters. The summed E-state index contributed by atoms with van der Waals surface area (Å²) in [5.41, 5.74) is 0.235. The average Bonchev–Trinajstić information content (AvgIpc) is 2.35. The molecule has 0 aliphatic heterocycles. The molecule has 3 nitrogen and oxygen atoms in total. The van der Waals surface area contributed by atoms with Crippen LogP contribution in [0.15, 0.2) is 22.7 Å². The summed E-state index contributed by atoms with van der Waals surface area (Å²) in [5, 5.41) is 8.97. The van der Waals surface area contributed by atoms with Crippen LogP contribution in [0.3, 0.4) is 0 Å². The lowest BCUT2D eigenvalue weighted by molar-refractivity contribution is 0.0695. The highest BCUT2D eigenvalue weighted by molar-refractivity contribution is 9.10. The van der Waals surface area contributed by atoms with E-state index in [1.165, 1.54) is 19.3 Å². The van der Waals surface area contributed by atoms with E-state index in [1.807, 2.05) is 0 Å². The van der Waals surface area contributed by atoms with Crippen molar-refractivity contribution >= 4 is 21.9 Å². The Balaban J connectivity index is 2.38. The molecule has 0 radical (unpaired) electrons. The Morgan fingerprint density at radius 3 is 2.67 bits per heavy atom. The number of carbonyl (C=O) groups is 1. The highest BCUT2D eigenvalue weighted by Gasteiger charge is 2.09. The van der Waals surface area contributed by atoms with Crippen LogP contribution < -0.4 is 4.74 Å². The van der Waals surface area contributed by atoms with Gasteiger partial charge in [0.05, 0.1) is 12.2 Å². The molecule has 0 aliphatic rings. The normalized spacial score (nSPS) is 10.3. The zero-order valence-electron chi connectivity index (χ0n) is 10.6. The van der Waals surface area contributed by atoms with Gasteiger partial charge in [-0.25, -0.2) is 4.79 Å². The summed E-state index contributed by atoms with van der Waals surface area (Å²) in [7, 11) is 0. The molecule has 1 N–H and O–H groups in total. The van der Waals surface area contributed by atoms with Crippen molar-refractivity contribution in [3.8, 4) is 5.75 Å². The largest absolute Gasteiger partial charge is 0.494 e. The Morgan fingerprint density at radius 2 is 2.00 bits per heavy atom. The van der Waals surface area contributed by atoms with Crippen LogP contribution in [0.25, 0.3) is 0 Å². The molecule has 0 aromatic heterocycles. The van der Waals surface area contributed by atoms with Crippen LogP contribution in [0.1, 0.15) is 49.4 Å². The van der Waals surface area contributed by atoms with Gasteiger partial charge in [-0.05, 0) is 40.5 Å². The maximum absolute atomic E-state index is 10.9. The van der Waals surface area contributed by atoms with E-state index in [4.69, 9.17) is 9.84 Å². The summed E-state index contributed by atoms with van der Waals surface area (Å²) in [6, 6.07) is 5.04. The zero-order chi connectivity index (χ0) is 13.4. The third kappa shape index (κ3) is 5.08. The summed E-state index contributed by atoms with van der Waals surface area (Å²) in [6.45, 7) is 2.83. The van der Waals surface area contributed by atoms with E-state index in [2.05, 4.69) is 22.9 Å². The van der Waals surface area contributed by atoms with Crippen molar-refractivity contribution in [1.82, 2.24) is 0 Å². The van der Waals surface area contributed by atoms with Gasteiger partial charge in [-0.1, -0.05) is 32.6 Å². The standard InChI is InChI=1S/C14H19BrO3/c1-2-3-4-5-6-9-18-11-7-8-13(15)12(10-11)14(16)17/h7-8,10H,2-6,9H2,1H3,(H,16,17). The fourth-order valence-electron chi connectivity index (χ4n) is 1.65. The van der Waals surface area contributed by atoms with E-state index in [9.17, 15) is 4.79 Å². The number of carboxylic acids is 1. The maximum Gasteiger partial charge on any atom is 0.336 e. The van der Waals surface area contributed by atoms with Gasteiger partial charge in [0.25, 0.3) is 0 Å². The first kappa shape index (κ1) is 15.0. The minimum Gasteiger partial charge on any atom is -0.494 e. The van der Waals surface area contributed by atoms with E-state index in [-0.39, 0.29) is 5.56 Å². The molecular weight excluding hydrogens is 296 g/mol. The van der Waals surface area contributed by atoms with Gasteiger partial charge in [0.2, 0.25) is 0 Å². The Kier molecular flexibility index (Phi) is 6.80. The number of rotatable bonds is 8. The smallest absolute Gasteiger partial charge is 0.336 e. The number of carboxylic acid groups (broad SMARTS) is 1. The molecule has 0 spiro atoms. The number of aromatic carboxylic acids is 1. The van der Waals surface area contributed by atoms with Crippen molar-refractivity contribution in [2.45, 2.75) is 39.0 Å². The van der Waals surface area contributed by atoms with Crippen molar-refractivity contribution < 1.29 is 14.6 Å². The monoisotopic (exact) mass is 314 g/mol. The van der Waals surface area contributed by atoms with Crippen LogP contribution >= 0.6 is 15.9 Å². The number of ether oxygens (including phenoxy) is 1. The van der Waals surface area contributed by atoms with Gasteiger partial charge in [-0.15, -0.1) is 0 Å². The predicted octanol–water partition coefficient (Wildman–Crippen LogP) is 4.50. The highest BCUT2D eigenvalue weighted by atomic mass is 79.9. The summed E-state index contributed by atoms with van der Waals surface area (Å²) in [4.78, 5) is 10.9. The molecule has 100 valence electrons. The van der Waals surface area contributed by atoms with Crippen LogP contribution in [0, 0.1) is 0 Å². The topological polar surface area (TPSA) is 46.5 Å². The molecule has 1 rings (SSSR count). The van der Waals surface area contributed by atoms with Gasteiger partial charge in [-0.2, -0.15) is 0 Å². The van der Waals surface area contributed by atoms with Crippen molar-refractivity contribution in [3.63, 3.8) is 0 Å². The number of halogens is 1. The lowest BCUT2D eigenvalue weighted by atomic mass is 10.2. The fourth-order valence-corrected chi connectivity index (χ4v) is 2.07. The van der Waals surface area contributed by atoms with Gasteiger partial charge < -0.3 is 9.84 Å². The Labute approximate surface area is 116 Å². The van der Waals surface area contributed by atoms with Gasteiger partial charge >= 0.3 is 5.97 Å². The number of hydrogen-bond acceptors (Lipinski definition) is 2. The summed E-state index contributed by atoms with van der Waals surface area (Å²) in [5.74, 6) is -0.332. The summed E-state index contributed by atoms with van der Waals surface area (Å²) < 4.78 is 6.12. The van der Waals surface area contributed by atoms with Gasteiger partial charge in [0, 0.05) is 4.47 Å². The third-order valence-corrected chi connectivity index (χ3v) is 3.38. The molecule has 0 atom stereocenters. The molecule has 0 saturated carbocycles. The van der Waals surface area contributed by atoms with Crippen molar-refractivity contribution in [3.05, 3.63) is 28.2 Å². The van der Waals surface area contributed by atoms with Crippen LogP contribution in [-0.4, -0.2) is 17.7 Å². The Hall–Kier alpha value is -1.03. The Morgan fingerprint density at radius 1 is 1.28 bits per heavy atom. The van der Waals surface area contributed by atoms with E-state index < -0.39 is 5.97 Å². The maximum atomic E-state index is 10.9. The fraction of sp³-hybridized carbons (Fsp3) is 0.500. The molecule has 4 heteroatoms. The van der Waals surface area contributed by atoms with Crippen LogP contribution in [0.5, 0.6) is 5.75 Å². The quantitative estimate of drug-likeness (QED) is 0.719. The zero-order valence-corrected chi connectivity index (χ0v) is 12.2. The lowest BCUT2D eigenvalue weighted by Gasteiger charge is -2.07. The van der Waals surface area contributed by atoms with Gasteiger partial charge in [-0.3, -0.25) is 0 Å². The SMILES string of the molecule is CCCCCCCOc1ccc(Br)c(C(=O)O)c1. The second-order valence-corrected chi connectivity index (χ2v) is 5.06. The van der Waals surface area contributed by atoms with Crippen LogP contribution in [0.2, 0.25) is 0 Å². The molecule has 18 heavy (non-hydrogen) atoms. The second kappa shape index (κ2) is 8.14. The molecule has 0 aliphatic carbocycles. The minimum absolute atomic E-state index is 0.235. The van der Waals surface area contributed by atoms with E-state index in [1.54, 1.807) is 18.2 Å². The van der Waals surface area contributed by atoms with Gasteiger partial charge in [0.1, 0.15) is 5.75 Å². The molecule has 0 bridgehead atoms. The highest BCUT2D eigenvalue weighted by Crippen LogP contribution is 2.22. The molecular formula is C14H19BrO3. The molecule has 1 aromatic carbocycles. The minimum atomic E-state index is -0.949. The van der Waals surface area contributed by atoms with Crippen molar-refractivity contribution in [2.75, 3.05) is 6.61 Å². The second-order valence-electron chi connectivity index (χ2n) is 4.21. The molecule has 0 saturated heterocycles. The molecule has 0 amide bonds. The molecule has 1 aromatic rings. The van der Waals surface area contributed by atoms with E-state index in [0.29, 0.717) is 16.8 Å². The van der Waals surface area contributed by atoms with Crippen molar-refractivity contribution in [2.24, 2.45) is 0 Å². The van der Waals surface area contributed by atoms with E-state index >= 15 is 0 Å². The lowest BCUT2D eigenvalue weighted by Crippen LogP contribution is -2.01. The van der Waals surface area contributed by atoms with Crippen molar-refractivity contribution in [1.29, 1.82) is 0 Å². The Bertz CT molecular complexity index is 391. The first-order chi connectivity index (χ1) is 8.65. The summed E-state index contributed by atoms with van der Waals surface area (Å²) in [6.07, 6.45) is 5.91. The third-order valence-electron chi connectivity index (χ3n) is 2.68. The molecule has 0 heterocycles. The average molecular weight is 315 g/mol. The predicted molar refractivity (Wildman–Crippen MR) is 75.4 cm³/mol. The summed E-state index contributed by atoms with van der Waals surface area (Å²) >= 11 is 3.20. The first-order valence-electron chi connectivity index (χ1n) is 6.30.